The lowest BCUT2D eigenvalue weighted by Gasteiger charge is -2.19. The number of benzene rings is 1. The van der Waals surface area contributed by atoms with Crippen LogP contribution in [0, 0.1) is 15.3 Å². The lowest BCUT2D eigenvalue weighted by atomic mass is 10.1. The lowest BCUT2D eigenvalue weighted by molar-refractivity contribution is -0.141. The first kappa shape index (κ1) is 14.9. The molecule has 0 saturated heterocycles. The van der Waals surface area contributed by atoms with Gasteiger partial charge in [-0.25, -0.2) is 4.39 Å². The quantitative estimate of drug-likeness (QED) is 0.833. The van der Waals surface area contributed by atoms with Crippen LogP contribution in [0.2, 0.25) is 0 Å². The SMILES string of the molecule is CC(CN(C)C(=O)c1ccc(I)c(F)c1)C(=O)O. The molecule has 1 atom stereocenters. The maximum atomic E-state index is 13.3. The second-order valence-electron chi connectivity index (χ2n) is 4.05. The number of carbonyl (C=O) groups is 2. The fourth-order valence-corrected chi connectivity index (χ4v) is 1.76. The molecular weight excluding hydrogens is 352 g/mol. The summed E-state index contributed by atoms with van der Waals surface area (Å²) in [6.07, 6.45) is 0. The van der Waals surface area contributed by atoms with E-state index in [2.05, 4.69) is 0 Å². The fraction of sp³-hybridized carbons (Fsp3) is 0.333. The zero-order chi connectivity index (χ0) is 13.9. The molecule has 0 aliphatic carbocycles. The average molecular weight is 365 g/mol. The van der Waals surface area contributed by atoms with E-state index in [0.717, 1.165) is 6.07 Å². The van der Waals surface area contributed by atoms with Gasteiger partial charge in [-0.05, 0) is 40.8 Å². The standard InChI is InChI=1S/C12H13FINO3/c1-7(12(17)18)6-15(2)11(16)8-3-4-10(14)9(13)5-8/h3-5,7H,6H2,1-2H3,(H,17,18). The normalized spacial score (nSPS) is 12.0. The number of rotatable bonds is 4. The lowest BCUT2D eigenvalue weighted by Crippen LogP contribution is -2.33. The molecule has 98 valence electrons. The molecule has 1 amide bonds. The van der Waals surface area contributed by atoms with Crippen molar-refractivity contribution in [3.05, 3.63) is 33.1 Å². The van der Waals surface area contributed by atoms with E-state index in [4.69, 9.17) is 5.11 Å². The van der Waals surface area contributed by atoms with Crippen molar-refractivity contribution < 1.29 is 19.1 Å². The molecule has 1 aromatic rings. The molecule has 1 rings (SSSR count). The minimum absolute atomic E-state index is 0.0851. The maximum Gasteiger partial charge on any atom is 0.308 e. The van der Waals surface area contributed by atoms with Crippen molar-refractivity contribution >= 4 is 34.5 Å². The maximum absolute atomic E-state index is 13.3. The predicted molar refractivity (Wildman–Crippen MR) is 72.9 cm³/mol. The van der Waals surface area contributed by atoms with Crippen LogP contribution >= 0.6 is 22.6 Å². The number of halogens is 2. The van der Waals surface area contributed by atoms with Crippen LogP contribution in [0.4, 0.5) is 4.39 Å². The van der Waals surface area contributed by atoms with E-state index in [0.29, 0.717) is 3.57 Å². The topological polar surface area (TPSA) is 57.6 Å². The smallest absolute Gasteiger partial charge is 0.308 e. The molecule has 0 saturated carbocycles. The Balaban J connectivity index is 2.80. The van der Waals surface area contributed by atoms with Gasteiger partial charge in [-0.1, -0.05) is 6.92 Å². The van der Waals surface area contributed by atoms with Crippen molar-refractivity contribution in [2.75, 3.05) is 13.6 Å². The molecule has 1 N–H and O–H groups in total. The van der Waals surface area contributed by atoms with E-state index in [-0.39, 0.29) is 12.1 Å². The van der Waals surface area contributed by atoms with E-state index >= 15 is 0 Å². The van der Waals surface area contributed by atoms with Crippen molar-refractivity contribution in [2.45, 2.75) is 6.92 Å². The summed E-state index contributed by atoms with van der Waals surface area (Å²) in [7, 11) is 1.50. The largest absolute Gasteiger partial charge is 0.481 e. The third-order valence-corrected chi connectivity index (χ3v) is 3.36. The molecule has 0 spiro atoms. The summed E-state index contributed by atoms with van der Waals surface area (Å²) < 4.78 is 13.8. The summed E-state index contributed by atoms with van der Waals surface area (Å²) >= 11 is 1.83. The van der Waals surface area contributed by atoms with Crippen molar-refractivity contribution in [3.63, 3.8) is 0 Å². The monoisotopic (exact) mass is 365 g/mol. The second kappa shape index (κ2) is 6.12. The Kier molecular flexibility index (Phi) is 5.06. The minimum atomic E-state index is -0.969. The van der Waals surface area contributed by atoms with Gasteiger partial charge in [0.2, 0.25) is 0 Å². The predicted octanol–water partition coefficient (Wildman–Crippen LogP) is 2.22. The summed E-state index contributed by atoms with van der Waals surface area (Å²) in [5, 5.41) is 8.76. The summed E-state index contributed by atoms with van der Waals surface area (Å²) in [5.41, 5.74) is 0.216. The molecule has 0 aromatic heterocycles. The van der Waals surface area contributed by atoms with Crippen LogP contribution in [0.5, 0.6) is 0 Å². The highest BCUT2D eigenvalue weighted by Gasteiger charge is 2.19. The molecule has 0 bridgehead atoms. The summed E-state index contributed by atoms with van der Waals surface area (Å²) in [6.45, 7) is 1.60. The first-order valence-electron chi connectivity index (χ1n) is 5.26. The number of amides is 1. The van der Waals surface area contributed by atoms with Gasteiger partial charge in [-0.2, -0.15) is 0 Å². The Morgan fingerprint density at radius 3 is 2.61 bits per heavy atom. The van der Waals surface area contributed by atoms with Crippen LogP contribution in [-0.2, 0) is 4.79 Å². The molecule has 1 unspecified atom stereocenters. The van der Waals surface area contributed by atoms with Gasteiger partial charge in [0.1, 0.15) is 5.82 Å². The van der Waals surface area contributed by atoms with E-state index in [1.165, 1.54) is 31.0 Å². The molecular formula is C12H13FINO3. The summed E-state index contributed by atoms with van der Waals surface area (Å²) in [5.74, 6) is -2.48. The summed E-state index contributed by atoms with van der Waals surface area (Å²) in [6, 6.07) is 4.19. The summed E-state index contributed by atoms with van der Waals surface area (Å²) in [4.78, 5) is 23.9. The zero-order valence-corrected chi connectivity index (χ0v) is 12.1. The number of hydrogen-bond acceptors (Lipinski definition) is 2. The highest BCUT2D eigenvalue weighted by atomic mass is 127. The zero-order valence-electron chi connectivity index (χ0n) is 9.98. The fourth-order valence-electron chi connectivity index (χ4n) is 1.42. The number of carboxylic acids is 1. The van der Waals surface area contributed by atoms with Crippen LogP contribution in [-0.4, -0.2) is 35.5 Å². The number of hydrogen-bond donors (Lipinski definition) is 1. The Morgan fingerprint density at radius 1 is 1.50 bits per heavy atom. The third kappa shape index (κ3) is 3.66. The molecule has 0 heterocycles. The van der Waals surface area contributed by atoms with Gasteiger partial charge in [-0.15, -0.1) is 0 Å². The Morgan fingerprint density at radius 2 is 2.11 bits per heavy atom. The molecule has 0 aliphatic rings. The highest BCUT2D eigenvalue weighted by molar-refractivity contribution is 14.1. The molecule has 6 heteroatoms. The first-order valence-corrected chi connectivity index (χ1v) is 6.34. The molecule has 1 aromatic carbocycles. The van der Waals surface area contributed by atoms with Gasteiger partial charge in [0.25, 0.3) is 5.91 Å². The number of nitrogens with zero attached hydrogens (tertiary/aromatic N) is 1. The molecule has 0 aliphatic heterocycles. The van der Waals surface area contributed by atoms with Crippen LogP contribution in [0.3, 0.4) is 0 Å². The van der Waals surface area contributed by atoms with Gasteiger partial charge < -0.3 is 10.0 Å². The van der Waals surface area contributed by atoms with E-state index in [9.17, 15) is 14.0 Å². The van der Waals surface area contributed by atoms with Crippen LogP contribution in [0.25, 0.3) is 0 Å². The van der Waals surface area contributed by atoms with Gasteiger partial charge in [-0.3, -0.25) is 9.59 Å². The highest BCUT2D eigenvalue weighted by Crippen LogP contribution is 2.14. The molecule has 18 heavy (non-hydrogen) atoms. The molecule has 4 nitrogen and oxygen atoms in total. The van der Waals surface area contributed by atoms with Crippen LogP contribution < -0.4 is 0 Å². The van der Waals surface area contributed by atoms with E-state index < -0.39 is 23.6 Å². The second-order valence-corrected chi connectivity index (χ2v) is 5.22. The Bertz CT molecular complexity index is 478. The Labute approximate surface area is 118 Å². The van der Waals surface area contributed by atoms with Crippen molar-refractivity contribution in [3.8, 4) is 0 Å². The van der Waals surface area contributed by atoms with Gasteiger partial charge in [0, 0.05) is 22.7 Å². The van der Waals surface area contributed by atoms with Gasteiger partial charge in [0.05, 0.1) is 5.92 Å². The van der Waals surface area contributed by atoms with E-state index in [1.807, 2.05) is 22.6 Å². The average Bonchev–Trinajstić information content (AvgIpc) is 2.31. The van der Waals surface area contributed by atoms with Crippen LogP contribution in [0.1, 0.15) is 17.3 Å². The number of carbonyl (C=O) groups excluding carboxylic acids is 1. The number of carboxylic acid groups (broad SMARTS) is 1. The number of aliphatic carboxylic acids is 1. The van der Waals surface area contributed by atoms with E-state index in [1.54, 1.807) is 0 Å². The minimum Gasteiger partial charge on any atom is -0.481 e. The Hall–Kier alpha value is -1.18. The molecule has 0 fully saturated rings. The third-order valence-electron chi connectivity index (χ3n) is 2.48. The first-order chi connectivity index (χ1) is 8.32. The van der Waals surface area contributed by atoms with Gasteiger partial charge >= 0.3 is 5.97 Å². The van der Waals surface area contributed by atoms with Crippen LogP contribution in [0.15, 0.2) is 18.2 Å². The molecule has 0 radical (unpaired) electrons. The van der Waals surface area contributed by atoms with Crippen molar-refractivity contribution in [1.29, 1.82) is 0 Å². The van der Waals surface area contributed by atoms with Crippen molar-refractivity contribution in [2.24, 2.45) is 5.92 Å². The van der Waals surface area contributed by atoms with Crippen molar-refractivity contribution in [1.82, 2.24) is 4.90 Å². The van der Waals surface area contributed by atoms with Gasteiger partial charge in [0.15, 0.2) is 0 Å².